The third-order valence-corrected chi connectivity index (χ3v) is 4.61. The molecule has 1 aliphatic rings. The number of rotatable bonds is 7. The fraction of sp³-hybridized carbons (Fsp3) is 0.368. The van der Waals surface area contributed by atoms with Gasteiger partial charge in [-0.2, -0.15) is 4.98 Å². The van der Waals surface area contributed by atoms with Crippen LogP contribution in [0.2, 0.25) is 0 Å². The Morgan fingerprint density at radius 3 is 2.85 bits per heavy atom. The molecule has 3 aromatic rings. The topological polar surface area (TPSA) is 85.8 Å². The fourth-order valence-corrected chi connectivity index (χ4v) is 3.03. The average Bonchev–Trinajstić information content (AvgIpc) is 3.24. The van der Waals surface area contributed by atoms with Crippen LogP contribution in [0.15, 0.2) is 47.2 Å². The molecule has 1 amide bonds. The molecule has 0 radical (unpaired) electrons. The number of nitrogens with zero attached hydrogens (tertiary/aromatic N) is 4. The Hall–Kier alpha value is -2.96. The Balaban J connectivity index is 1.35. The van der Waals surface area contributed by atoms with Gasteiger partial charge in [0.05, 0.1) is 6.04 Å². The number of aromatic nitrogens is 4. The number of amides is 1. The minimum Gasteiger partial charge on any atom is -0.346 e. The van der Waals surface area contributed by atoms with Crippen molar-refractivity contribution in [2.45, 2.75) is 31.7 Å². The second-order valence-corrected chi connectivity index (χ2v) is 6.66. The molecule has 0 unspecified atom stereocenters. The molecule has 1 fully saturated rings. The van der Waals surface area contributed by atoms with Crippen LogP contribution in [0.4, 0.5) is 0 Å². The summed E-state index contributed by atoms with van der Waals surface area (Å²) in [5.74, 6) is 2.38. The lowest BCUT2D eigenvalue weighted by Gasteiger charge is -2.17. The summed E-state index contributed by atoms with van der Waals surface area (Å²) in [6, 6.07) is 9.61. The molecule has 0 spiro atoms. The Bertz CT molecular complexity index is 882. The smallest absolute Gasteiger partial charge is 0.227 e. The van der Waals surface area contributed by atoms with Crippen LogP contribution < -0.4 is 5.32 Å². The molecule has 134 valence electrons. The maximum atomic E-state index is 12.4. The summed E-state index contributed by atoms with van der Waals surface area (Å²) in [5, 5.41) is 7.10. The van der Waals surface area contributed by atoms with Crippen LogP contribution in [-0.2, 0) is 18.3 Å². The lowest BCUT2D eigenvalue weighted by Crippen LogP contribution is -2.31. The molecule has 0 aliphatic heterocycles. The zero-order valence-electron chi connectivity index (χ0n) is 14.6. The van der Waals surface area contributed by atoms with E-state index in [1.807, 2.05) is 48.1 Å². The van der Waals surface area contributed by atoms with E-state index >= 15 is 0 Å². The van der Waals surface area contributed by atoms with Gasteiger partial charge in [0.2, 0.25) is 17.6 Å². The first-order valence-corrected chi connectivity index (χ1v) is 8.85. The van der Waals surface area contributed by atoms with E-state index in [0.717, 1.165) is 24.2 Å². The van der Waals surface area contributed by atoms with E-state index in [0.29, 0.717) is 30.5 Å². The van der Waals surface area contributed by atoms with Crippen molar-refractivity contribution < 1.29 is 9.32 Å². The van der Waals surface area contributed by atoms with E-state index in [9.17, 15) is 4.79 Å². The number of carbonyl (C=O) groups excluding carboxylic acids is 1. The van der Waals surface area contributed by atoms with Crippen molar-refractivity contribution in [3.05, 3.63) is 54.4 Å². The number of aryl methyl sites for hydroxylation is 2. The van der Waals surface area contributed by atoms with Gasteiger partial charge in [0.1, 0.15) is 5.82 Å². The molecule has 4 rings (SSSR count). The van der Waals surface area contributed by atoms with Gasteiger partial charge in [-0.25, -0.2) is 4.98 Å². The lowest BCUT2D eigenvalue weighted by molar-refractivity contribution is -0.122. The highest BCUT2D eigenvalue weighted by molar-refractivity contribution is 5.76. The van der Waals surface area contributed by atoms with Crippen molar-refractivity contribution >= 4 is 5.91 Å². The van der Waals surface area contributed by atoms with E-state index < -0.39 is 0 Å². The van der Waals surface area contributed by atoms with Gasteiger partial charge in [-0.3, -0.25) is 4.79 Å². The Morgan fingerprint density at radius 1 is 1.35 bits per heavy atom. The highest BCUT2D eigenvalue weighted by Crippen LogP contribution is 2.40. The van der Waals surface area contributed by atoms with Gasteiger partial charge >= 0.3 is 0 Å². The summed E-state index contributed by atoms with van der Waals surface area (Å²) < 4.78 is 7.23. The van der Waals surface area contributed by atoms with E-state index in [-0.39, 0.29) is 11.9 Å². The van der Waals surface area contributed by atoms with Gasteiger partial charge in [-0.1, -0.05) is 35.5 Å². The summed E-state index contributed by atoms with van der Waals surface area (Å²) in [6.45, 7) is 0. The van der Waals surface area contributed by atoms with E-state index in [1.165, 1.54) is 0 Å². The number of hydrogen-bond acceptors (Lipinski definition) is 5. The maximum Gasteiger partial charge on any atom is 0.227 e. The van der Waals surface area contributed by atoms with Gasteiger partial charge in [-0.05, 0) is 18.8 Å². The molecule has 7 nitrogen and oxygen atoms in total. The van der Waals surface area contributed by atoms with Gasteiger partial charge in [0.25, 0.3) is 0 Å². The molecule has 26 heavy (non-hydrogen) atoms. The minimum absolute atomic E-state index is 0.0231. The Labute approximate surface area is 151 Å². The minimum atomic E-state index is -0.0237. The number of hydrogen-bond donors (Lipinski definition) is 1. The normalized spacial score (nSPS) is 15.0. The molecule has 2 heterocycles. The molecule has 2 aromatic heterocycles. The van der Waals surface area contributed by atoms with Crippen LogP contribution in [0.1, 0.15) is 37.0 Å². The van der Waals surface area contributed by atoms with E-state index in [2.05, 4.69) is 20.4 Å². The van der Waals surface area contributed by atoms with Crippen molar-refractivity contribution in [3.8, 4) is 11.4 Å². The van der Waals surface area contributed by atoms with E-state index in [1.54, 1.807) is 6.20 Å². The van der Waals surface area contributed by atoms with Crippen molar-refractivity contribution in [2.24, 2.45) is 13.0 Å². The predicted molar refractivity (Wildman–Crippen MR) is 94.9 cm³/mol. The summed E-state index contributed by atoms with van der Waals surface area (Å²) >= 11 is 0. The van der Waals surface area contributed by atoms with Crippen molar-refractivity contribution in [3.63, 3.8) is 0 Å². The SMILES string of the molecule is Cn1ccnc1[C@@H](NC(=O)CCc1nc(-c2ccccc2)no1)C1CC1. The van der Waals surface area contributed by atoms with Crippen LogP contribution in [0.3, 0.4) is 0 Å². The molecule has 1 saturated carbocycles. The molecule has 1 atom stereocenters. The number of imidazole rings is 1. The standard InChI is InChI=1S/C19H21N5O2/c1-24-12-11-20-19(24)17(13-7-8-13)21-15(25)9-10-16-22-18(23-26-16)14-5-3-2-4-6-14/h2-6,11-13,17H,7-10H2,1H3,(H,21,25)/t17-/m0/s1. The van der Waals surface area contributed by atoms with Crippen molar-refractivity contribution in [2.75, 3.05) is 0 Å². The van der Waals surface area contributed by atoms with Gasteiger partial charge in [0.15, 0.2) is 0 Å². The largest absolute Gasteiger partial charge is 0.346 e. The summed E-state index contributed by atoms with van der Waals surface area (Å²) in [4.78, 5) is 21.2. The Morgan fingerprint density at radius 2 is 2.15 bits per heavy atom. The summed E-state index contributed by atoms with van der Waals surface area (Å²) in [5.41, 5.74) is 0.899. The molecule has 1 N–H and O–H groups in total. The molecule has 0 bridgehead atoms. The number of benzene rings is 1. The summed E-state index contributed by atoms with van der Waals surface area (Å²) in [7, 11) is 1.95. The zero-order valence-corrected chi connectivity index (χ0v) is 14.6. The maximum absolute atomic E-state index is 12.4. The monoisotopic (exact) mass is 351 g/mol. The predicted octanol–water partition coefficient (Wildman–Crippen LogP) is 2.67. The molecule has 1 aliphatic carbocycles. The lowest BCUT2D eigenvalue weighted by atomic mass is 10.1. The van der Waals surface area contributed by atoms with Crippen LogP contribution in [-0.4, -0.2) is 25.6 Å². The number of nitrogens with one attached hydrogen (secondary N) is 1. The van der Waals surface area contributed by atoms with Gasteiger partial charge in [-0.15, -0.1) is 0 Å². The molecule has 7 heteroatoms. The molecular weight excluding hydrogens is 330 g/mol. The highest BCUT2D eigenvalue weighted by atomic mass is 16.5. The van der Waals surface area contributed by atoms with Gasteiger partial charge < -0.3 is 14.4 Å². The van der Waals surface area contributed by atoms with Crippen LogP contribution >= 0.6 is 0 Å². The second-order valence-electron chi connectivity index (χ2n) is 6.66. The Kier molecular flexibility index (Phi) is 4.51. The third kappa shape index (κ3) is 3.66. The van der Waals surface area contributed by atoms with Gasteiger partial charge in [0, 0.05) is 37.8 Å². The van der Waals surface area contributed by atoms with Crippen LogP contribution in [0.25, 0.3) is 11.4 Å². The number of carbonyl (C=O) groups is 1. The first-order chi connectivity index (χ1) is 12.7. The van der Waals surface area contributed by atoms with Crippen molar-refractivity contribution in [1.29, 1.82) is 0 Å². The highest BCUT2D eigenvalue weighted by Gasteiger charge is 2.35. The van der Waals surface area contributed by atoms with Crippen LogP contribution in [0, 0.1) is 5.92 Å². The third-order valence-electron chi connectivity index (χ3n) is 4.61. The zero-order chi connectivity index (χ0) is 17.9. The summed E-state index contributed by atoms with van der Waals surface area (Å²) in [6.07, 6.45) is 6.65. The second kappa shape index (κ2) is 7.11. The first-order valence-electron chi connectivity index (χ1n) is 8.85. The quantitative estimate of drug-likeness (QED) is 0.707. The molecule has 0 saturated heterocycles. The van der Waals surface area contributed by atoms with Crippen LogP contribution in [0.5, 0.6) is 0 Å². The molecule has 1 aromatic carbocycles. The molecular formula is C19H21N5O2. The van der Waals surface area contributed by atoms with Crippen molar-refractivity contribution in [1.82, 2.24) is 25.0 Å². The first kappa shape index (κ1) is 16.5. The average molecular weight is 351 g/mol. The fourth-order valence-electron chi connectivity index (χ4n) is 3.03. The van der Waals surface area contributed by atoms with E-state index in [4.69, 9.17) is 4.52 Å².